The van der Waals surface area contributed by atoms with Gasteiger partial charge in [-0.2, -0.15) is 0 Å². The van der Waals surface area contributed by atoms with Gasteiger partial charge in [-0.05, 0) is 18.9 Å². The van der Waals surface area contributed by atoms with Crippen LogP contribution in [0.4, 0.5) is 11.6 Å². The van der Waals surface area contributed by atoms with Gasteiger partial charge in [-0.1, -0.05) is 37.0 Å². The zero-order valence-corrected chi connectivity index (χ0v) is 11.9. The van der Waals surface area contributed by atoms with Gasteiger partial charge in [0.2, 0.25) is 0 Å². The third-order valence-corrected chi connectivity index (χ3v) is 3.54. The number of hydrogen-bond acceptors (Lipinski definition) is 5. The van der Waals surface area contributed by atoms with E-state index in [1.165, 1.54) is 0 Å². The molecule has 1 rings (SSSR count). The largest absolute Gasteiger partial charge is 0.388 e. The van der Waals surface area contributed by atoms with Crippen LogP contribution in [-0.4, -0.2) is 22.2 Å². The van der Waals surface area contributed by atoms with Crippen LogP contribution in [0.2, 0.25) is 10.0 Å². The van der Waals surface area contributed by atoms with Crippen LogP contribution >= 0.6 is 23.2 Å². The van der Waals surface area contributed by atoms with Gasteiger partial charge in [0.1, 0.15) is 5.82 Å². The Labute approximate surface area is 117 Å². The van der Waals surface area contributed by atoms with E-state index in [0.29, 0.717) is 41.1 Å². The molecule has 0 aromatic carbocycles. The van der Waals surface area contributed by atoms with Crippen LogP contribution in [-0.2, 0) is 0 Å². The highest BCUT2D eigenvalue weighted by Gasteiger charge is 2.22. The number of anilines is 2. The van der Waals surface area contributed by atoms with E-state index in [9.17, 15) is 5.11 Å². The van der Waals surface area contributed by atoms with Crippen LogP contribution < -0.4 is 16.6 Å². The molecule has 7 heteroatoms. The fourth-order valence-corrected chi connectivity index (χ4v) is 1.92. The van der Waals surface area contributed by atoms with Crippen LogP contribution in [0.25, 0.3) is 0 Å². The van der Waals surface area contributed by atoms with Gasteiger partial charge < -0.3 is 15.8 Å². The Balaban J connectivity index is 2.85. The SMILES string of the molecule is CCC(O)(CC)CNc1nc(NN)c(Cl)cc1Cl. The van der Waals surface area contributed by atoms with Crippen LogP contribution in [0.3, 0.4) is 0 Å². The fourth-order valence-electron chi connectivity index (χ4n) is 1.44. The Bertz CT molecular complexity index is 410. The normalized spacial score (nSPS) is 11.4. The van der Waals surface area contributed by atoms with Gasteiger partial charge in [-0.3, -0.25) is 0 Å². The molecule has 18 heavy (non-hydrogen) atoms. The van der Waals surface area contributed by atoms with Crippen LogP contribution in [0.15, 0.2) is 6.07 Å². The fraction of sp³-hybridized carbons (Fsp3) is 0.545. The second kappa shape index (κ2) is 6.43. The van der Waals surface area contributed by atoms with E-state index >= 15 is 0 Å². The predicted octanol–water partition coefficient (Wildman–Crippen LogP) is 2.64. The molecule has 5 nitrogen and oxygen atoms in total. The summed E-state index contributed by atoms with van der Waals surface area (Å²) in [5.41, 5.74) is 1.61. The second-order valence-corrected chi connectivity index (χ2v) is 4.89. The number of nitrogen functional groups attached to an aromatic ring is 1. The summed E-state index contributed by atoms with van der Waals surface area (Å²) in [6, 6.07) is 1.55. The van der Waals surface area contributed by atoms with E-state index in [0.717, 1.165) is 0 Å². The molecule has 0 fully saturated rings. The molecule has 1 heterocycles. The van der Waals surface area contributed by atoms with Crippen molar-refractivity contribution in [1.82, 2.24) is 4.98 Å². The zero-order valence-electron chi connectivity index (χ0n) is 10.4. The first kappa shape index (κ1) is 15.3. The lowest BCUT2D eigenvalue weighted by Gasteiger charge is -2.26. The number of aliphatic hydroxyl groups is 1. The highest BCUT2D eigenvalue weighted by atomic mass is 35.5. The Morgan fingerprint density at radius 2 is 1.83 bits per heavy atom. The quantitative estimate of drug-likeness (QED) is 0.479. The minimum absolute atomic E-state index is 0.333. The van der Waals surface area contributed by atoms with Crippen molar-refractivity contribution in [3.8, 4) is 0 Å². The standard InChI is InChI=1S/C11H18Cl2N4O/c1-3-11(18,4-2)6-15-9-7(12)5-8(13)10(16-9)17-14/h5,18H,3-4,6,14H2,1-2H3,(H2,15,16,17). The molecule has 0 amide bonds. The average molecular weight is 293 g/mol. The van der Waals surface area contributed by atoms with Gasteiger partial charge in [-0.25, -0.2) is 10.8 Å². The van der Waals surface area contributed by atoms with E-state index in [1.54, 1.807) is 6.07 Å². The van der Waals surface area contributed by atoms with Gasteiger partial charge in [0.25, 0.3) is 0 Å². The Morgan fingerprint density at radius 1 is 1.28 bits per heavy atom. The Kier molecular flexibility index (Phi) is 5.47. The molecule has 1 aromatic heterocycles. The van der Waals surface area contributed by atoms with Gasteiger partial charge in [0.05, 0.1) is 15.6 Å². The van der Waals surface area contributed by atoms with E-state index in [2.05, 4.69) is 15.7 Å². The second-order valence-electron chi connectivity index (χ2n) is 4.08. The minimum atomic E-state index is -0.777. The number of hydrazine groups is 1. The number of halogens is 2. The first-order valence-corrected chi connectivity index (χ1v) is 6.50. The molecular weight excluding hydrogens is 275 g/mol. The molecule has 0 aliphatic rings. The summed E-state index contributed by atoms with van der Waals surface area (Å²) in [4.78, 5) is 4.14. The van der Waals surface area contributed by atoms with Crippen molar-refractivity contribution in [2.45, 2.75) is 32.3 Å². The number of nitrogens with one attached hydrogen (secondary N) is 2. The van der Waals surface area contributed by atoms with Crippen molar-refractivity contribution >= 4 is 34.8 Å². The third kappa shape index (κ3) is 3.62. The van der Waals surface area contributed by atoms with E-state index in [4.69, 9.17) is 29.0 Å². The maximum Gasteiger partial charge on any atom is 0.161 e. The summed E-state index contributed by atoms with van der Waals surface area (Å²) in [6.45, 7) is 4.21. The molecule has 0 aliphatic carbocycles. The van der Waals surface area contributed by atoms with E-state index in [1.807, 2.05) is 13.8 Å². The summed E-state index contributed by atoms with van der Waals surface area (Å²) < 4.78 is 0. The van der Waals surface area contributed by atoms with Crippen LogP contribution in [0.1, 0.15) is 26.7 Å². The van der Waals surface area contributed by atoms with Gasteiger partial charge in [0, 0.05) is 6.54 Å². The number of pyridine rings is 1. The smallest absolute Gasteiger partial charge is 0.161 e. The molecule has 0 unspecified atom stereocenters. The lowest BCUT2D eigenvalue weighted by atomic mass is 9.98. The molecule has 102 valence electrons. The van der Waals surface area contributed by atoms with Crippen molar-refractivity contribution in [2.75, 3.05) is 17.3 Å². The molecule has 0 saturated heterocycles. The topological polar surface area (TPSA) is 83.2 Å². The number of nitrogens with two attached hydrogens (primary N) is 1. The molecule has 0 saturated carbocycles. The molecule has 0 bridgehead atoms. The average Bonchev–Trinajstić information content (AvgIpc) is 2.37. The number of nitrogens with zero attached hydrogens (tertiary/aromatic N) is 1. The molecule has 5 N–H and O–H groups in total. The van der Waals surface area contributed by atoms with Gasteiger partial charge >= 0.3 is 0 Å². The number of rotatable bonds is 6. The molecule has 0 radical (unpaired) electrons. The highest BCUT2D eigenvalue weighted by molar-refractivity contribution is 6.37. The number of aromatic nitrogens is 1. The van der Waals surface area contributed by atoms with Crippen LogP contribution in [0.5, 0.6) is 0 Å². The van der Waals surface area contributed by atoms with Crippen molar-refractivity contribution in [1.29, 1.82) is 0 Å². The third-order valence-electron chi connectivity index (χ3n) is 2.97. The van der Waals surface area contributed by atoms with Gasteiger partial charge in [-0.15, -0.1) is 0 Å². The van der Waals surface area contributed by atoms with Crippen molar-refractivity contribution < 1.29 is 5.11 Å². The monoisotopic (exact) mass is 292 g/mol. The number of hydrogen-bond donors (Lipinski definition) is 4. The Hall–Kier alpha value is -0.750. The van der Waals surface area contributed by atoms with Crippen molar-refractivity contribution in [3.05, 3.63) is 16.1 Å². The van der Waals surface area contributed by atoms with Crippen LogP contribution in [0, 0.1) is 0 Å². The zero-order chi connectivity index (χ0) is 13.8. The highest BCUT2D eigenvalue weighted by Crippen LogP contribution is 2.29. The first-order chi connectivity index (χ1) is 8.45. The minimum Gasteiger partial charge on any atom is -0.388 e. The maximum atomic E-state index is 10.2. The molecular formula is C11H18Cl2N4O. The van der Waals surface area contributed by atoms with E-state index < -0.39 is 5.60 Å². The summed E-state index contributed by atoms with van der Waals surface area (Å²) >= 11 is 11.9. The van der Waals surface area contributed by atoms with E-state index in [-0.39, 0.29) is 0 Å². The summed E-state index contributed by atoms with van der Waals surface area (Å²) in [6.07, 6.45) is 1.29. The summed E-state index contributed by atoms with van der Waals surface area (Å²) in [5.74, 6) is 6.06. The first-order valence-electron chi connectivity index (χ1n) is 5.74. The van der Waals surface area contributed by atoms with Gasteiger partial charge in [0.15, 0.2) is 5.82 Å². The maximum absolute atomic E-state index is 10.2. The molecule has 0 aliphatic heterocycles. The summed E-state index contributed by atoms with van der Waals surface area (Å²) in [5, 5.41) is 13.9. The predicted molar refractivity (Wildman–Crippen MR) is 76.1 cm³/mol. The summed E-state index contributed by atoms with van der Waals surface area (Å²) in [7, 11) is 0. The van der Waals surface area contributed by atoms with Crippen molar-refractivity contribution in [2.24, 2.45) is 5.84 Å². The Morgan fingerprint density at radius 3 is 2.33 bits per heavy atom. The molecule has 0 spiro atoms. The lowest BCUT2D eigenvalue weighted by molar-refractivity contribution is 0.0456. The van der Waals surface area contributed by atoms with Crippen molar-refractivity contribution in [3.63, 3.8) is 0 Å². The molecule has 1 aromatic rings. The molecule has 0 atom stereocenters. The lowest BCUT2D eigenvalue weighted by Crippen LogP contribution is -2.35.